The second-order valence-corrected chi connectivity index (χ2v) is 43.2. The Labute approximate surface area is 225 Å². The lowest BCUT2D eigenvalue weighted by Gasteiger charge is -2.42. The molecule has 0 saturated heterocycles. The van der Waals surface area contributed by atoms with Crippen LogP contribution in [-0.2, 0) is 0 Å². The van der Waals surface area contributed by atoms with Crippen molar-refractivity contribution in [3.8, 4) is 0 Å². The van der Waals surface area contributed by atoms with Crippen LogP contribution in [0.5, 0.6) is 0 Å². The van der Waals surface area contributed by atoms with Crippen molar-refractivity contribution in [2.45, 2.75) is 141 Å². The van der Waals surface area contributed by atoms with Crippen molar-refractivity contribution in [3.05, 3.63) is 45.1 Å². The maximum absolute atomic E-state index is 2.84. The SMILES string of the molecule is CC(C)(C)[Si](C)(C)C1=CC([Si](C)(C)C2C=C([Si](C)(C)C(C)(C)C)C=C2[Si](C)(C)C)C([Si](C)(C)C)=C1. The Balaban J connectivity index is 2.73. The van der Waals surface area contributed by atoms with Crippen LogP contribution < -0.4 is 0 Å². The van der Waals surface area contributed by atoms with Crippen LogP contribution in [0.2, 0.25) is 99.7 Å². The van der Waals surface area contributed by atoms with E-state index in [2.05, 4.69) is 144 Å². The molecule has 35 heavy (non-hydrogen) atoms. The quantitative estimate of drug-likeness (QED) is 0.283. The van der Waals surface area contributed by atoms with Gasteiger partial charge in [-0.2, -0.15) is 0 Å². The highest BCUT2D eigenvalue weighted by Gasteiger charge is 2.51. The van der Waals surface area contributed by atoms with Gasteiger partial charge in [-0.05, 0) is 21.2 Å². The molecule has 0 N–H and O–H groups in total. The Kier molecular flexibility index (Phi) is 8.10. The highest BCUT2D eigenvalue weighted by Crippen LogP contribution is 2.56. The van der Waals surface area contributed by atoms with Crippen LogP contribution in [-0.4, -0.2) is 40.4 Å². The van der Waals surface area contributed by atoms with Crippen LogP contribution in [0.4, 0.5) is 0 Å². The molecule has 0 radical (unpaired) electrons. The summed E-state index contributed by atoms with van der Waals surface area (Å²) in [5.41, 5.74) is 1.39. The Hall–Kier alpha value is 0.0444. The lowest BCUT2D eigenvalue weighted by molar-refractivity contribution is 0.726. The van der Waals surface area contributed by atoms with Gasteiger partial charge in [0, 0.05) is 0 Å². The maximum atomic E-state index is 2.84. The highest BCUT2D eigenvalue weighted by atomic mass is 28.3. The molecule has 0 fully saturated rings. The van der Waals surface area contributed by atoms with Gasteiger partial charge in [0.2, 0.25) is 0 Å². The minimum Gasteiger partial charge on any atom is -0.0811 e. The molecular weight excluding hydrogens is 501 g/mol. The van der Waals surface area contributed by atoms with E-state index >= 15 is 0 Å². The van der Waals surface area contributed by atoms with Gasteiger partial charge < -0.3 is 0 Å². The van der Waals surface area contributed by atoms with E-state index in [1.807, 2.05) is 10.4 Å². The van der Waals surface area contributed by atoms with Crippen molar-refractivity contribution in [1.82, 2.24) is 0 Å². The summed E-state index contributed by atoms with van der Waals surface area (Å²) >= 11 is 0. The molecule has 0 aliphatic heterocycles. The first-order valence-electron chi connectivity index (χ1n) is 14.1. The van der Waals surface area contributed by atoms with Gasteiger partial charge in [-0.15, -0.1) is 0 Å². The van der Waals surface area contributed by atoms with Crippen LogP contribution in [0.25, 0.3) is 0 Å². The molecule has 0 heterocycles. The van der Waals surface area contributed by atoms with Crippen LogP contribution in [0.1, 0.15) is 41.5 Å². The molecule has 0 aromatic rings. The van der Waals surface area contributed by atoms with Crippen LogP contribution >= 0.6 is 0 Å². The van der Waals surface area contributed by atoms with E-state index in [0.29, 0.717) is 21.2 Å². The molecule has 2 unspecified atom stereocenters. The molecule has 2 atom stereocenters. The molecule has 0 nitrogen and oxygen atoms in total. The summed E-state index contributed by atoms with van der Waals surface area (Å²) in [6.45, 7) is 46.4. The Bertz CT molecular complexity index is 880. The van der Waals surface area contributed by atoms with Crippen molar-refractivity contribution in [1.29, 1.82) is 0 Å². The number of hydrogen-bond donors (Lipinski definition) is 0. The fourth-order valence-corrected chi connectivity index (χ4v) is 21.6. The lowest BCUT2D eigenvalue weighted by atomic mass is 10.2. The van der Waals surface area contributed by atoms with E-state index in [4.69, 9.17) is 0 Å². The fourth-order valence-electron chi connectivity index (χ4n) is 5.58. The van der Waals surface area contributed by atoms with Crippen LogP contribution in [0.15, 0.2) is 45.1 Å². The Morgan fingerprint density at radius 3 is 0.943 bits per heavy atom. The van der Waals surface area contributed by atoms with Gasteiger partial charge >= 0.3 is 0 Å². The van der Waals surface area contributed by atoms with E-state index in [-0.39, 0.29) is 0 Å². The molecule has 0 spiro atoms. The lowest BCUT2D eigenvalue weighted by Crippen LogP contribution is -2.45. The first kappa shape index (κ1) is 31.3. The summed E-state index contributed by atoms with van der Waals surface area (Å²) in [5.74, 6) is 0. The molecule has 2 aliphatic rings. The zero-order valence-electron chi connectivity index (χ0n) is 27.0. The molecule has 0 bridgehead atoms. The van der Waals surface area contributed by atoms with Gasteiger partial charge in [0.05, 0.1) is 40.4 Å². The van der Waals surface area contributed by atoms with E-state index in [9.17, 15) is 0 Å². The van der Waals surface area contributed by atoms with E-state index in [0.717, 1.165) is 0 Å². The zero-order chi connectivity index (χ0) is 27.8. The van der Waals surface area contributed by atoms with Crippen molar-refractivity contribution in [2.75, 3.05) is 0 Å². The molecule has 0 amide bonds. The summed E-state index contributed by atoms with van der Waals surface area (Å²) in [6.07, 6.45) is 11.2. The molecule has 2 rings (SSSR count). The average molecular weight is 561 g/mol. The van der Waals surface area contributed by atoms with Crippen LogP contribution in [0, 0.1) is 0 Å². The van der Waals surface area contributed by atoms with Gasteiger partial charge in [-0.3, -0.25) is 0 Å². The number of hydrogen-bond acceptors (Lipinski definition) is 0. The molecule has 0 aromatic carbocycles. The largest absolute Gasteiger partial charge is 0.0854 e. The van der Waals surface area contributed by atoms with Gasteiger partial charge in [0.25, 0.3) is 0 Å². The minimum atomic E-state index is -1.72. The Morgan fingerprint density at radius 2 is 0.743 bits per heavy atom. The van der Waals surface area contributed by atoms with Gasteiger partial charge in [-0.1, -0.05) is 165 Å². The predicted molar refractivity (Wildman–Crippen MR) is 178 cm³/mol. The molecular formula is C30H60Si5. The van der Waals surface area contributed by atoms with Crippen LogP contribution in [0.3, 0.4) is 0 Å². The summed E-state index contributed by atoms with van der Waals surface area (Å²) in [7, 11) is -7.70. The number of allylic oxidation sites excluding steroid dienone is 8. The first-order valence-corrected chi connectivity index (χ1v) is 30.2. The van der Waals surface area contributed by atoms with Gasteiger partial charge in [-0.25, -0.2) is 0 Å². The van der Waals surface area contributed by atoms with Crippen molar-refractivity contribution < 1.29 is 0 Å². The maximum Gasteiger partial charge on any atom is 0.0854 e. The minimum absolute atomic E-state index is 0.382. The van der Waals surface area contributed by atoms with E-state index < -0.39 is 40.4 Å². The fraction of sp³-hybridized carbons (Fsp3) is 0.733. The molecule has 2 aliphatic carbocycles. The summed E-state index contributed by atoms with van der Waals surface area (Å²) in [6, 6.07) is 0. The summed E-state index contributed by atoms with van der Waals surface area (Å²) in [5, 5.41) is 7.98. The van der Waals surface area contributed by atoms with E-state index in [1.54, 1.807) is 10.4 Å². The molecule has 0 aromatic heterocycles. The molecule has 0 saturated carbocycles. The third-order valence-electron chi connectivity index (χ3n) is 10.5. The molecule has 200 valence electrons. The average Bonchev–Trinajstić information content (AvgIpc) is 3.25. The zero-order valence-corrected chi connectivity index (χ0v) is 32.0. The Morgan fingerprint density at radius 1 is 0.486 bits per heavy atom. The monoisotopic (exact) mass is 560 g/mol. The summed E-state index contributed by atoms with van der Waals surface area (Å²) < 4.78 is 0. The van der Waals surface area contributed by atoms with Crippen molar-refractivity contribution in [2.24, 2.45) is 0 Å². The third-order valence-corrected chi connectivity index (χ3v) is 30.6. The summed E-state index contributed by atoms with van der Waals surface area (Å²) in [4.78, 5) is 0. The van der Waals surface area contributed by atoms with Gasteiger partial charge in [0.1, 0.15) is 0 Å². The second kappa shape index (κ2) is 9.06. The first-order chi connectivity index (χ1) is 15.2. The predicted octanol–water partition coefficient (Wildman–Crippen LogP) is 11.0. The van der Waals surface area contributed by atoms with Gasteiger partial charge in [0.15, 0.2) is 0 Å². The standard InChI is InChI=1S/C30H60Si5/c1-29(2,3)34(15,16)23-19-25(31(7,8)9)27(21-23)33(13,14)28-22-24(20-26(28)32(10,11)12)35(17,18)30(4,5)6/h19-22,27-28H,1-18H3. The third kappa shape index (κ3) is 5.74. The smallest absolute Gasteiger partial charge is 0.0811 e. The normalized spacial score (nSPS) is 23.3. The second-order valence-electron chi connectivity index (χ2n) is 17.5. The molecule has 5 heteroatoms. The number of rotatable bonds is 6. The van der Waals surface area contributed by atoms with Crippen molar-refractivity contribution in [3.63, 3.8) is 0 Å². The van der Waals surface area contributed by atoms with Crippen molar-refractivity contribution >= 4 is 40.4 Å². The highest BCUT2D eigenvalue weighted by molar-refractivity contribution is 6.95. The van der Waals surface area contributed by atoms with E-state index in [1.165, 1.54) is 0 Å². The topological polar surface area (TPSA) is 0 Å².